The third-order valence-corrected chi connectivity index (χ3v) is 4.83. The highest BCUT2D eigenvalue weighted by Gasteiger charge is 2.25. The first-order chi connectivity index (χ1) is 12.7. The van der Waals surface area contributed by atoms with Gasteiger partial charge < -0.3 is 4.90 Å². The number of aryl methyl sites for hydroxylation is 1. The van der Waals surface area contributed by atoms with Crippen molar-refractivity contribution in [2.24, 2.45) is 7.05 Å². The number of benzene rings is 1. The van der Waals surface area contributed by atoms with Crippen LogP contribution in [0.25, 0.3) is 5.69 Å². The highest BCUT2D eigenvalue weighted by atomic mass is 16.2. The van der Waals surface area contributed by atoms with Gasteiger partial charge in [-0.3, -0.25) is 9.48 Å². The van der Waals surface area contributed by atoms with Crippen LogP contribution < -0.4 is 0 Å². The van der Waals surface area contributed by atoms with E-state index in [-0.39, 0.29) is 17.4 Å². The summed E-state index contributed by atoms with van der Waals surface area (Å²) in [6.07, 6.45) is 3.16. The standard InChI is InChI=1S/C20H26N6O/c1-14(15-7-9-16(10-8-15)26-13-21-12-22-26)24(5)19(27)17-11-18(20(2,3)4)23-25(17)6/h7-14H,1-6H3. The normalized spacial score (nSPS) is 12.8. The van der Waals surface area contributed by atoms with Crippen LogP contribution in [0.5, 0.6) is 0 Å². The molecule has 2 heterocycles. The van der Waals surface area contributed by atoms with E-state index in [4.69, 9.17) is 0 Å². The SMILES string of the molecule is CC(c1ccc(-n2cncn2)cc1)N(C)C(=O)c1cc(C(C)(C)C)nn1C. The first-order valence-electron chi connectivity index (χ1n) is 8.95. The molecule has 142 valence electrons. The topological polar surface area (TPSA) is 68.8 Å². The fraction of sp³-hybridized carbons (Fsp3) is 0.400. The molecule has 0 radical (unpaired) electrons. The Morgan fingerprint density at radius 2 is 1.85 bits per heavy atom. The molecule has 0 aliphatic rings. The average molecular weight is 366 g/mol. The Morgan fingerprint density at radius 3 is 2.37 bits per heavy atom. The van der Waals surface area contributed by atoms with E-state index < -0.39 is 0 Å². The number of hydrogen-bond donors (Lipinski definition) is 0. The van der Waals surface area contributed by atoms with Gasteiger partial charge in [0.2, 0.25) is 0 Å². The maximum atomic E-state index is 13.0. The van der Waals surface area contributed by atoms with E-state index in [1.54, 1.807) is 20.6 Å². The molecule has 7 nitrogen and oxygen atoms in total. The fourth-order valence-corrected chi connectivity index (χ4v) is 2.86. The van der Waals surface area contributed by atoms with E-state index in [9.17, 15) is 4.79 Å². The van der Waals surface area contributed by atoms with Crippen LogP contribution in [0.15, 0.2) is 43.0 Å². The van der Waals surface area contributed by atoms with Gasteiger partial charge in [0.15, 0.2) is 0 Å². The van der Waals surface area contributed by atoms with Crippen molar-refractivity contribution in [3.05, 3.63) is 59.9 Å². The Hall–Kier alpha value is -2.96. The monoisotopic (exact) mass is 366 g/mol. The minimum atomic E-state index is -0.0995. The summed E-state index contributed by atoms with van der Waals surface area (Å²) in [5.41, 5.74) is 3.38. The second-order valence-corrected chi connectivity index (χ2v) is 7.81. The number of carbonyl (C=O) groups excluding carboxylic acids is 1. The summed E-state index contributed by atoms with van der Waals surface area (Å²) in [5.74, 6) is -0.0478. The Balaban J connectivity index is 1.80. The van der Waals surface area contributed by atoms with Crippen molar-refractivity contribution in [2.75, 3.05) is 7.05 Å². The third kappa shape index (κ3) is 3.77. The molecule has 1 amide bonds. The van der Waals surface area contributed by atoms with E-state index in [0.29, 0.717) is 5.69 Å². The maximum Gasteiger partial charge on any atom is 0.272 e. The van der Waals surface area contributed by atoms with Crippen molar-refractivity contribution in [1.29, 1.82) is 0 Å². The van der Waals surface area contributed by atoms with Crippen LogP contribution >= 0.6 is 0 Å². The van der Waals surface area contributed by atoms with Crippen molar-refractivity contribution in [3.63, 3.8) is 0 Å². The largest absolute Gasteiger partial charge is 0.334 e. The lowest BCUT2D eigenvalue weighted by molar-refractivity contribution is 0.0731. The molecule has 0 fully saturated rings. The number of hydrogen-bond acceptors (Lipinski definition) is 4. The zero-order valence-corrected chi connectivity index (χ0v) is 16.7. The molecular weight excluding hydrogens is 340 g/mol. The van der Waals surface area contributed by atoms with Crippen LogP contribution in [0.4, 0.5) is 0 Å². The molecule has 2 aromatic heterocycles. The fourth-order valence-electron chi connectivity index (χ4n) is 2.86. The molecule has 0 N–H and O–H groups in total. The molecule has 0 bridgehead atoms. The number of amides is 1. The lowest BCUT2D eigenvalue weighted by atomic mass is 9.92. The van der Waals surface area contributed by atoms with Gasteiger partial charge in [-0.05, 0) is 30.7 Å². The van der Waals surface area contributed by atoms with Crippen molar-refractivity contribution in [3.8, 4) is 5.69 Å². The Bertz CT molecular complexity index is 919. The number of rotatable bonds is 4. The van der Waals surface area contributed by atoms with Crippen LogP contribution in [0, 0.1) is 0 Å². The molecule has 27 heavy (non-hydrogen) atoms. The van der Waals surface area contributed by atoms with Crippen LogP contribution in [0.2, 0.25) is 0 Å². The Morgan fingerprint density at radius 1 is 1.19 bits per heavy atom. The molecule has 0 saturated carbocycles. The molecule has 7 heteroatoms. The smallest absolute Gasteiger partial charge is 0.272 e. The van der Waals surface area contributed by atoms with Crippen molar-refractivity contribution >= 4 is 5.91 Å². The van der Waals surface area contributed by atoms with Gasteiger partial charge in [-0.2, -0.15) is 10.2 Å². The molecule has 1 atom stereocenters. The first-order valence-corrected chi connectivity index (χ1v) is 8.95. The van der Waals surface area contributed by atoms with Gasteiger partial charge in [-0.1, -0.05) is 32.9 Å². The number of nitrogens with zero attached hydrogens (tertiary/aromatic N) is 6. The summed E-state index contributed by atoms with van der Waals surface area (Å²) >= 11 is 0. The molecule has 3 rings (SSSR count). The van der Waals surface area contributed by atoms with Crippen LogP contribution in [0.3, 0.4) is 0 Å². The summed E-state index contributed by atoms with van der Waals surface area (Å²) in [6.45, 7) is 8.29. The van der Waals surface area contributed by atoms with Gasteiger partial charge in [-0.15, -0.1) is 0 Å². The lowest BCUT2D eigenvalue weighted by Crippen LogP contribution is -2.31. The zero-order valence-electron chi connectivity index (χ0n) is 16.7. The number of carbonyl (C=O) groups is 1. The minimum Gasteiger partial charge on any atom is -0.334 e. The molecule has 1 aromatic carbocycles. The van der Waals surface area contributed by atoms with E-state index >= 15 is 0 Å². The van der Waals surface area contributed by atoms with Crippen molar-refractivity contribution < 1.29 is 4.79 Å². The summed E-state index contributed by atoms with van der Waals surface area (Å²) in [7, 11) is 3.63. The predicted molar refractivity (Wildman–Crippen MR) is 104 cm³/mol. The molecule has 3 aromatic rings. The summed E-state index contributed by atoms with van der Waals surface area (Å²) in [4.78, 5) is 18.7. The molecular formula is C20H26N6O. The van der Waals surface area contributed by atoms with Gasteiger partial charge in [0.05, 0.1) is 17.4 Å². The average Bonchev–Trinajstić information content (AvgIpc) is 3.29. The Labute approximate surface area is 159 Å². The first kappa shape index (κ1) is 18.8. The Kier molecular flexibility index (Phi) is 4.87. The van der Waals surface area contributed by atoms with Crippen LogP contribution in [0.1, 0.15) is 55.5 Å². The van der Waals surface area contributed by atoms with E-state index in [2.05, 4.69) is 36.0 Å². The van der Waals surface area contributed by atoms with Crippen molar-refractivity contribution in [1.82, 2.24) is 29.4 Å². The second kappa shape index (κ2) is 6.98. The lowest BCUT2D eigenvalue weighted by Gasteiger charge is -2.25. The summed E-state index contributed by atoms with van der Waals surface area (Å²) in [6, 6.07) is 9.78. The zero-order chi connectivity index (χ0) is 19.8. The van der Waals surface area contributed by atoms with E-state index in [0.717, 1.165) is 16.9 Å². The molecule has 1 unspecified atom stereocenters. The molecule has 0 aliphatic carbocycles. The van der Waals surface area contributed by atoms with E-state index in [1.165, 1.54) is 6.33 Å². The highest BCUT2D eigenvalue weighted by molar-refractivity contribution is 5.92. The predicted octanol–water partition coefficient (Wildman–Crippen LogP) is 3.13. The minimum absolute atomic E-state index is 0.0478. The summed E-state index contributed by atoms with van der Waals surface area (Å²) < 4.78 is 3.37. The van der Waals surface area contributed by atoms with Gasteiger partial charge in [0.1, 0.15) is 18.3 Å². The molecule has 0 spiro atoms. The summed E-state index contributed by atoms with van der Waals surface area (Å²) in [5, 5.41) is 8.64. The molecule has 0 saturated heterocycles. The van der Waals surface area contributed by atoms with Gasteiger partial charge >= 0.3 is 0 Å². The van der Waals surface area contributed by atoms with Gasteiger partial charge in [0.25, 0.3) is 5.91 Å². The third-order valence-electron chi connectivity index (χ3n) is 4.83. The van der Waals surface area contributed by atoms with Gasteiger partial charge in [0, 0.05) is 19.5 Å². The second-order valence-electron chi connectivity index (χ2n) is 7.81. The van der Waals surface area contributed by atoms with E-state index in [1.807, 2.05) is 51.4 Å². The van der Waals surface area contributed by atoms with Crippen molar-refractivity contribution in [2.45, 2.75) is 39.2 Å². The van der Waals surface area contributed by atoms with Crippen LogP contribution in [-0.2, 0) is 12.5 Å². The van der Waals surface area contributed by atoms with Crippen LogP contribution in [-0.4, -0.2) is 42.4 Å². The number of aromatic nitrogens is 5. The maximum absolute atomic E-state index is 13.0. The quantitative estimate of drug-likeness (QED) is 0.711. The van der Waals surface area contributed by atoms with Gasteiger partial charge in [-0.25, -0.2) is 9.67 Å². The molecule has 0 aliphatic heterocycles. The highest BCUT2D eigenvalue weighted by Crippen LogP contribution is 2.25.